The van der Waals surface area contributed by atoms with Gasteiger partial charge in [-0.2, -0.15) is 0 Å². The van der Waals surface area contributed by atoms with Gasteiger partial charge in [0.25, 0.3) is 0 Å². The summed E-state index contributed by atoms with van der Waals surface area (Å²) in [6.45, 7) is 1.21. The maximum absolute atomic E-state index is 11.4. The summed E-state index contributed by atoms with van der Waals surface area (Å²) >= 11 is 2.31. The highest BCUT2D eigenvalue weighted by Gasteiger charge is 1.82. The predicted molar refractivity (Wildman–Crippen MR) is 42.3 cm³/mol. The molecule has 0 aliphatic heterocycles. The first-order valence-corrected chi connectivity index (χ1v) is 4.27. The average molecular weight is 231 g/mol. The van der Waals surface area contributed by atoms with E-state index in [0.717, 1.165) is 17.4 Å². The van der Waals surface area contributed by atoms with E-state index in [9.17, 15) is 4.39 Å². The molecule has 0 spiro atoms. The maximum atomic E-state index is 11.4. The molecule has 0 aromatic carbocycles. The van der Waals surface area contributed by atoms with Gasteiger partial charge < -0.3 is 5.32 Å². The van der Waals surface area contributed by atoms with Crippen molar-refractivity contribution in [2.24, 2.45) is 0 Å². The molecule has 1 N–H and O–H groups in total. The lowest BCUT2D eigenvalue weighted by atomic mass is 10.5. The molecule has 0 aliphatic carbocycles. The molecule has 0 bridgehead atoms. The van der Waals surface area contributed by atoms with Gasteiger partial charge in [-0.3, -0.25) is 0 Å². The normalized spacial score (nSPS) is 9.75. The Balaban J connectivity index is 2.53. The minimum absolute atomic E-state index is 0.249. The van der Waals surface area contributed by atoms with Crippen molar-refractivity contribution in [1.29, 1.82) is 0 Å². The van der Waals surface area contributed by atoms with Crippen molar-refractivity contribution in [2.75, 3.05) is 24.2 Å². The van der Waals surface area contributed by atoms with Crippen LogP contribution in [0.2, 0.25) is 0 Å². The highest BCUT2D eigenvalue weighted by atomic mass is 127. The summed E-state index contributed by atoms with van der Waals surface area (Å²) in [5, 5.41) is 2.96. The van der Waals surface area contributed by atoms with Gasteiger partial charge in [-0.25, -0.2) is 4.39 Å². The highest BCUT2D eigenvalue weighted by Crippen LogP contribution is 1.84. The summed E-state index contributed by atoms with van der Waals surface area (Å²) in [6, 6.07) is 0. The largest absolute Gasteiger partial charge is 0.314 e. The fraction of sp³-hybridized carbons (Fsp3) is 1.00. The lowest BCUT2D eigenvalue weighted by Crippen LogP contribution is -2.17. The third-order valence-corrected chi connectivity index (χ3v) is 1.52. The second kappa shape index (κ2) is 7.62. The molecule has 0 saturated carbocycles. The van der Waals surface area contributed by atoms with E-state index >= 15 is 0 Å². The standard InChI is InChI=1S/C5H11FIN/c6-2-5-8-4-1-3-7/h8H,1-5H2. The minimum atomic E-state index is -0.249. The molecule has 3 heteroatoms. The number of nitrogens with one attached hydrogen (secondary N) is 1. The molecule has 50 valence electrons. The van der Waals surface area contributed by atoms with Gasteiger partial charge in [0.1, 0.15) is 6.67 Å². The van der Waals surface area contributed by atoms with Crippen LogP contribution < -0.4 is 5.32 Å². The molecular weight excluding hydrogens is 220 g/mol. The Hall–Kier alpha value is 0.620. The molecule has 0 fully saturated rings. The van der Waals surface area contributed by atoms with Crippen molar-refractivity contribution in [3.63, 3.8) is 0 Å². The van der Waals surface area contributed by atoms with Gasteiger partial charge in [-0.05, 0) is 13.0 Å². The highest BCUT2D eigenvalue weighted by molar-refractivity contribution is 14.1. The first-order valence-electron chi connectivity index (χ1n) is 2.74. The van der Waals surface area contributed by atoms with Gasteiger partial charge in [0, 0.05) is 11.0 Å². The van der Waals surface area contributed by atoms with Crippen molar-refractivity contribution >= 4 is 22.6 Å². The lowest BCUT2D eigenvalue weighted by molar-refractivity contribution is 0.468. The molecule has 0 aliphatic rings. The summed E-state index contributed by atoms with van der Waals surface area (Å²) in [4.78, 5) is 0. The Morgan fingerprint density at radius 1 is 1.38 bits per heavy atom. The first kappa shape index (κ1) is 8.62. The van der Waals surface area contributed by atoms with E-state index < -0.39 is 0 Å². The summed E-state index contributed by atoms with van der Waals surface area (Å²) in [6.07, 6.45) is 1.14. The molecule has 0 aromatic rings. The van der Waals surface area contributed by atoms with Gasteiger partial charge in [0.15, 0.2) is 0 Å². The van der Waals surface area contributed by atoms with E-state index in [0.29, 0.717) is 6.54 Å². The number of alkyl halides is 2. The van der Waals surface area contributed by atoms with Gasteiger partial charge in [-0.15, -0.1) is 0 Å². The fourth-order valence-corrected chi connectivity index (χ4v) is 0.765. The minimum Gasteiger partial charge on any atom is -0.314 e. The Morgan fingerprint density at radius 3 is 2.62 bits per heavy atom. The third-order valence-electron chi connectivity index (χ3n) is 0.758. The van der Waals surface area contributed by atoms with Crippen molar-refractivity contribution in [3.8, 4) is 0 Å². The second-order valence-corrected chi connectivity index (χ2v) is 2.56. The monoisotopic (exact) mass is 231 g/mol. The van der Waals surface area contributed by atoms with Gasteiger partial charge in [0.05, 0.1) is 0 Å². The molecular formula is C5H11FIN. The topological polar surface area (TPSA) is 12.0 Å². The summed E-state index contributed by atoms with van der Waals surface area (Å²) in [5.74, 6) is 0. The van der Waals surface area contributed by atoms with Crippen LogP contribution in [0.25, 0.3) is 0 Å². The van der Waals surface area contributed by atoms with Crippen LogP contribution in [0.1, 0.15) is 6.42 Å². The van der Waals surface area contributed by atoms with Crippen LogP contribution in [0.5, 0.6) is 0 Å². The zero-order chi connectivity index (χ0) is 6.24. The Morgan fingerprint density at radius 2 is 2.12 bits per heavy atom. The number of halogens is 2. The summed E-state index contributed by atoms with van der Waals surface area (Å²) < 4.78 is 12.5. The van der Waals surface area contributed by atoms with Crippen LogP contribution in [-0.2, 0) is 0 Å². The summed E-state index contributed by atoms with van der Waals surface area (Å²) in [7, 11) is 0. The molecule has 0 amide bonds. The quantitative estimate of drug-likeness (QED) is 0.428. The number of rotatable bonds is 5. The SMILES string of the molecule is FCCNCCCI. The predicted octanol–water partition coefficient (Wildman–Crippen LogP) is 1.37. The van der Waals surface area contributed by atoms with Gasteiger partial charge in [0.2, 0.25) is 0 Å². The molecule has 0 rings (SSSR count). The van der Waals surface area contributed by atoms with Crippen LogP contribution in [0, 0.1) is 0 Å². The number of hydrogen-bond acceptors (Lipinski definition) is 1. The molecule has 0 saturated heterocycles. The van der Waals surface area contributed by atoms with Crippen LogP contribution in [0.15, 0.2) is 0 Å². The second-order valence-electron chi connectivity index (χ2n) is 1.48. The van der Waals surface area contributed by atoms with Crippen LogP contribution in [0.4, 0.5) is 4.39 Å². The van der Waals surface area contributed by atoms with Crippen molar-refractivity contribution in [2.45, 2.75) is 6.42 Å². The van der Waals surface area contributed by atoms with E-state index in [-0.39, 0.29) is 6.67 Å². The molecule has 1 nitrogen and oxygen atoms in total. The zero-order valence-corrected chi connectivity index (χ0v) is 6.95. The maximum Gasteiger partial charge on any atom is 0.102 e. The van der Waals surface area contributed by atoms with Gasteiger partial charge >= 0.3 is 0 Å². The van der Waals surface area contributed by atoms with E-state index in [1.807, 2.05) is 0 Å². The average Bonchev–Trinajstić information content (AvgIpc) is 1.81. The zero-order valence-electron chi connectivity index (χ0n) is 4.79. The van der Waals surface area contributed by atoms with E-state index in [1.165, 1.54) is 0 Å². The third kappa shape index (κ3) is 6.62. The van der Waals surface area contributed by atoms with Crippen LogP contribution in [0.3, 0.4) is 0 Å². The molecule has 8 heavy (non-hydrogen) atoms. The van der Waals surface area contributed by atoms with E-state index in [2.05, 4.69) is 27.9 Å². The molecule has 0 radical (unpaired) electrons. The van der Waals surface area contributed by atoms with Crippen LogP contribution in [-0.4, -0.2) is 24.2 Å². The smallest absolute Gasteiger partial charge is 0.102 e. The molecule has 0 heterocycles. The first-order chi connectivity index (χ1) is 3.91. The lowest BCUT2D eigenvalue weighted by Gasteiger charge is -1.96. The van der Waals surface area contributed by atoms with E-state index in [1.54, 1.807) is 0 Å². The molecule has 0 atom stereocenters. The molecule has 0 aromatic heterocycles. The summed E-state index contributed by atoms with van der Waals surface area (Å²) in [5.41, 5.74) is 0. The van der Waals surface area contributed by atoms with Crippen molar-refractivity contribution in [3.05, 3.63) is 0 Å². The Labute approximate surface area is 63.2 Å². The van der Waals surface area contributed by atoms with Crippen molar-refractivity contribution in [1.82, 2.24) is 5.32 Å². The van der Waals surface area contributed by atoms with Crippen molar-refractivity contribution < 1.29 is 4.39 Å². The Kier molecular flexibility index (Phi) is 8.21. The number of hydrogen-bond donors (Lipinski definition) is 1. The van der Waals surface area contributed by atoms with Gasteiger partial charge in [-0.1, -0.05) is 22.6 Å². The molecule has 0 unspecified atom stereocenters. The Bertz CT molecular complexity index is 37.4. The van der Waals surface area contributed by atoms with Crippen LogP contribution >= 0.6 is 22.6 Å². The van der Waals surface area contributed by atoms with E-state index in [4.69, 9.17) is 0 Å². The fourth-order valence-electron chi connectivity index (χ4n) is 0.384.